The summed E-state index contributed by atoms with van der Waals surface area (Å²) in [6.45, 7) is 5.20. The number of Topliss-reactive ketones (excluding diaryl/α,β-unsaturated/α-hetero) is 1. The van der Waals surface area contributed by atoms with Gasteiger partial charge in [-0.15, -0.1) is 0 Å². The van der Waals surface area contributed by atoms with E-state index in [4.69, 9.17) is 4.98 Å². The number of fused-ring (bicyclic) bond motifs is 1. The molecular formula is C26H23N3O3S. The lowest BCUT2D eigenvalue weighted by molar-refractivity contribution is -0.115. The number of amides is 1. The molecule has 0 aliphatic carbocycles. The molecule has 1 amide bonds. The lowest BCUT2D eigenvalue weighted by Gasteiger charge is -2.17. The third-order valence-electron chi connectivity index (χ3n) is 5.19. The van der Waals surface area contributed by atoms with Gasteiger partial charge >= 0.3 is 0 Å². The van der Waals surface area contributed by atoms with Crippen LogP contribution in [0, 0.1) is 6.92 Å². The van der Waals surface area contributed by atoms with Crippen LogP contribution in [-0.4, -0.2) is 26.5 Å². The van der Waals surface area contributed by atoms with Crippen molar-refractivity contribution in [3.8, 4) is 5.69 Å². The number of hydrogen-bond acceptors (Lipinski definition) is 5. The first-order valence-electron chi connectivity index (χ1n) is 10.5. The predicted octanol–water partition coefficient (Wildman–Crippen LogP) is 5.02. The number of anilines is 1. The van der Waals surface area contributed by atoms with Gasteiger partial charge in [-0.2, -0.15) is 0 Å². The van der Waals surface area contributed by atoms with Gasteiger partial charge in [-0.1, -0.05) is 48.2 Å². The average Bonchev–Trinajstić information content (AvgIpc) is 2.79. The minimum atomic E-state index is -0.546. The first-order chi connectivity index (χ1) is 15.8. The highest BCUT2D eigenvalue weighted by atomic mass is 32.2. The molecule has 0 aliphatic heterocycles. The first kappa shape index (κ1) is 22.5. The predicted molar refractivity (Wildman–Crippen MR) is 132 cm³/mol. The lowest BCUT2D eigenvalue weighted by Crippen LogP contribution is -2.26. The summed E-state index contributed by atoms with van der Waals surface area (Å²) < 4.78 is 1.56. The quantitative estimate of drug-likeness (QED) is 0.250. The van der Waals surface area contributed by atoms with Crippen LogP contribution in [0.4, 0.5) is 5.69 Å². The number of hydrogen-bond donors (Lipinski definition) is 1. The highest BCUT2D eigenvalue weighted by molar-refractivity contribution is 8.00. The Balaban J connectivity index is 1.69. The van der Waals surface area contributed by atoms with Crippen molar-refractivity contribution >= 4 is 40.0 Å². The fourth-order valence-electron chi connectivity index (χ4n) is 3.46. The Morgan fingerprint density at radius 3 is 2.52 bits per heavy atom. The SMILES string of the molecule is CC(=O)c1cccc(NC(=O)[C@@H](C)Sc2nc3ccccc3c(=O)n2-c2cccc(C)c2)c1. The smallest absolute Gasteiger partial charge is 0.266 e. The van der Waals surface area contributed by atoms with Gasteiger partial charge in [-0.25, -0.2) is 4.98 Å². The Labute approximate surface area is 195 Å². The van der Waals surface area contributed by atoms with E-state index in [0.29, 0.717) is 33.0 Å². The second kappa shape index (κ2) is 9.42. The van der Waals surface area contributed by atoms with E-state index >= 15 is 0 Å². The van der Waals surface area contributed by atoms with Crippen molar-refractivity contribution in [1.82, 2.24) is 9.55 Å². The zero-order valence-corrected chi connectivity index (χ0v) is 19.3. The Morgan fingerprint density at radius 2 is 1.76 bits per heavy atom. The van der Waals surface area contributed by atoms with Crippen molar-refractivity contribution in [3.63, 3.8) is 0 Å². The molecular weight excluding hydrogens is 434 g/mol. The van der Waals surface area contributed by atoms with E-state index in [9.17, 15) is 14.4 Å². The van der Waals surface area contributed by atoms with Crippen LogP contribution < -0.4 is 10.9 Å². The second-order valence-electron chi connectivity index (χ2n) is 7.78. The molecule has 3 aromatic carbocycles. The third-order valence-corrected chi connectivity index (χ3v) is 6.25. The van der Waals surface area contributed by atoms with E-state index in [1.54, 1.807) is 47.9 Å². The number of aryl methyl sites for hydroxylation is 1. The molecule has 0 saturated carbocycles. The molecule has 0 unspecified atom stereocenters. The van der Waals surface area contributed by atoms with Crippen LogP contribution in [0.1, 0.15) is 29.8 Å². The Kier molecular flexibility index (Phi) is 6.42. The molecule has 0 aliphatic rings. The van der Waals surface area contributed by atoms with Gasteiger partial charge in [0.15, 0.2) is 10.9 Å². The van der Waals surface area contributed by atoms with E-state index in [1.165, 1.54) is 18.7 Å². The first-order valence-corrected chi connectivity index (χ1v) is 11.4. The molecule has 4 aromatic rings. The summed E-state index contributed by atoms with van der Waals surface area (Å²) in [5, 5.41) is 3.25. The number of nitrogens with zero attached hydrogens (tertiary/aromatic N) is 2. The molecule has 7 heteroatoms. The van der Waals surface area contributed by atoms with E-state index in [0.717, 1.165) is 5.56 Å². The Bertz CT molecular complexity index is 1430. The molecule has 1 heterocycles. The number of carbonyl (C=O) groups excluding carboxylic acids is 2. The molecule has 1 atom stereocenters. The molecule has 0 spiro atoms. The number of ketones is 1. The maximum absolute atomic E-state index is 13.4. The number of thioether (sulfide) groups is 1. The minimum Gasteiger partial charge on any atom is -0.325 e. The zero-order valence-electron chi connectivity index (χ0n) is 18.5. The normalized spacial score (nSPS) is 11.8. The summed E-state index contributed by atoms with van der Waals surface area (Å²) in [5.41, 5.74) is 3.17. The van der Waals surface area contributed by atoms with Crippen molar-refractivity contribution in [2.24, 2.45) is 0 Å². The number of benzene rings is 3. The molecule has 1 N–H and O–H groups in total. The lowest BCUT2D eigenvalue weighted by atomic mass is 10.1. The van der Waals surface area contributed by atoms with E-state index in [-0.39, 0.29) is 17.2 Å². The van der Waals surface area contributed by atoms with Crippen LogP contribution in [0.3, 0.4) is 0 Å². The molecule has 4 rings (SSSR count). The number of carbonyl (C=O) groups is 2. The van der Waals surface area contributed by atoms with Crippen LogP contribution >= 0.6 is 11.8 Å². The van der Waals surface area contributed by atoms with Crippen molar-refractivity contribution in [3.05, 3.63) is 94.3 Å². The minimum absolute atomic E-state index is 0.0731. The largest absolute Gasteiger partial charge is 0.325 e. The molecule has 166 valence electrons. The summed E-state index contributed by atoms with van der Waals surface area (Å²) in [6, 6.07) is 21.6. The number of para-hydroxylation sites is 1. The van der Waals surface area contributed by atoms with Crippen molar-refractivity contribution in [2.75, 3.05) is 5.32 Å². The van der Waals surface area contributed by atoms with E-state index in [2.05, 4.69) is 5.32 Å². The van der Waals surface area contributed by atoms with Crippen LogP contribution in [0.5, 0.6) is 0 Å². The molecule has 33 heavy (non-hydrogen) atoms. The fraction of sp³-hybridized carbons (Fsp3) is 0.154. The van der Waals surface area contributed by atoms with E-state index < -0.39 is 5.25 Å². The summed E-state index contributed by atoms with van der Waals surface area (Å²) in [6.07, 6.45) is 0. The summed E-state index contributed by atoms with van der Waals surface area (Å²) in [4.78, 5) is 42.6. The van der Waals surface area contributed by atoms with E-state index in [1.807, 2.05) is 43.3 Å². The van der Waals surface area contributed by atoms with Crippen molar-refractivity contribution in [2.45, 2.75) is 31.2 Å². The molecule has 0 bridgehead atoms. The van der Waals surface area contributed by atoms with Gasteiger partial charge < -0.3 is 5.32 Å². The van der Waals surface area contributed by atoms with Gasteiger partial charge in [-0.3, -0.25) is 19.0 Å². The maximum atomic E-state index is 13.4. The average molecular weight is 458 g/mol. The van der Waals surface area contributed by atoms with Gasteiger partial charge in [0.1, 0.15) is 0 Å². The summed E-state index contributed by atoms with van der Waals surface area (Å²) in [7, 11) is 0. The van der Waals surface area contributed by atoms with Crippen LogP contribution in [0.25, 0.3) is 16.6 Å². The van der Waals surface area contributed by atoms with Crippen LogP contribution in [0.15, 0.2) is 82.7 Å². The second-order valence-corrected chi connectivity index (χ2v) is 9.09. The van der Waals surface area contributed by atoms with Crippen LogP contribution in [0.2, 0.25) is 0 Å². The van der Waals surface area contributed by atoms with Gasteiger partial charge in [0, 0.05) is 11.3 Å². The van der Waals surface area contributed by atoms with Gasteiger partial charge in [0.05, 0.1) is 21.8 Å². The zero-order chi connectivity index (χ0) is 23.5. The van der Waals surface area contributed by atoms with Crippen molar-refractivity contribution in [1.29, 1.82) is 0 Å². The van der Waals surface area contributed by atoms with Gasteiger partial charge in [0.25, 0.3) is 5.56 Å². The Hall–Kier alpha value is -3.71. The number of nitrogens with one attached hydrogen (secondary N) is 1. The number of rotatable bonds is 6. The van der Waals surface area contributed by atoms with Crippen molar-refractivity contribution < 1.29 is 9.59 Å². The summed E-state index contributed by atoms with van der Waals surface area (Å²) in [5.74, 6) is -0.324. The monoisotopic (exact) mass is 457 g/mol. The molecule has 0 radical (unpaired) electrons. The highest BCUT2D eigenvalue weighted by Gasteiger charge is 2.20. The molecule has 0 saturated heterocycles. The summed E-state index contributed by atoms with van der Waals surface area (Å²) >= 11 is 1.21. The van der Waals surface area contributed by atoms with Gasteiger partial charge in [-0.05, 0) is 62.7 Å². The standard InChI is InChI=1S/C26H23N3O3S/c1-16-8-6-11-21(14-16)29-25(32)22-12-4-5-13-23(22)28-26(29)33-18(3)24(31)27-20-10-7-9-19(15-20)17(2)30/h4-15,18H,1-3H3,(H,27,31)/t18-/m1/s1. The van der Waals surface area contributed by atoms with Gasteiger partial charge in [0.2, 0.25) is 5.91 Å². The fourth-order valence-corrected chi connectivity index (χ4v) is 4.38. The number of aromatic nitrogens is 2. The topological polar surface area (TPSA) is 81.1 Å². The molecule has 1 aromatic heterocycles. The maximum Gasteiger partial charge on any atom is 0.266 e. The van der Waals surface area contributed by atoms with Crippen LogP contribution in [-0.2, 0) is 4.79 Å². The third kappa shape index (κ3) is 4.88. The highest BCUT2D eigenvalue weighted by Crippen LogP contribution is 2.26. The molecule has 0 fully saturated rings. The molecule has 6 nitrogen and oxygen atoms in total. The Morgan fingerprint density at radius 1 is 1.00 bits per heavy atom.